The maximum absolute atomic E-state index is 13.4. The number of phenols is 1. The number of nitrogens with one attached hydrogen (secondary N) is 1. The molecule has 0 spiro atoms. The fraction of sp³-hybridized carbons (Fsp3) is 0.355. The van der Waals surface area contributed by atoms with Gasteiger partial charge in [-0.1, -0.05) is 48.5 Å². The van der Waals surface area contributed by atoms with E-state index in [1.165, 1.54) is 6.92 Å². The zero-order valence-electron chi connectivity index (χ0n) is 21.3. The van der Waals surface area contributed by atoms with Gasteiger partial charge in [-0.05, 0) is 72.8 Å². The van der Waals surface area contributed by atoms with Crippen molar-refractivity contribution in [1.82, 2.24) is 10.2 Å². The van der Waals surface area contributed by atoms with E-state index in [4.69, 9.17) is 4.74 Å². The minimum atomic E-state index is -0.766. The average Bonchev–Trinajstić information content (AvgIpc) is 2.88. The zero-order chi connectivity index (χ0) is 26.0. The Hall–Kier alpha value is -3.64. The van der Waals surface area contributed by atoms with Crippen LogP contribution in [0.1, 0.15) is 48.5 Å². The molecule has 3 atom stereocenters. The Labute approximate surface area is 217 Å². The van der Waals surface area contributed by atoms with E-state index in [2.05, 4.69) is 16.8 Å². The molecular weight excluding hydrogens is 464 g/mol. The minimum absolute atomic E-state index is 0.101. The van der Waals surface area contributed by atoms with Gasteiger partial charge >= 0.3 is 5.97 Å². The second-order valence-electron chi connectivity index (χ2n) is 10.5. The molecule has 1 aliphatic carbocycles. The number of rotatable bonds is 6. The zero-order valence-corrected chi connectivity index (χ0v) is 21.3. The standard InChI is InChI=1S/C31H34N2O4/c1-3-16-33-17-15-30(26-9-6-10-28(35)19-26)20-27(13-14-31(30,21-33)37-22(2)34)32-29(36)25-12-11-23-7-4-5-8-24(23)18-25/h3-12,18-19,27,35H,1,13-17,20-21H2,2H3,(H,32,36)/t27-,30-,31-/m0/s1. The van der Waals surface area contributed by atoms with Crippen LogP contribution in [-0.4, -0.2) is 53.2 Å². The van der Waals surface area contributed by atoms with Gasteiger partial charge in [-0.2, -0.15) is 0 Å². The van der Waals surface area contributed by atoms with Crippen molar-refractivity contribution in [1.29, 1.82) is 0 Å². The molecule has 0 bridgehead atoms. The number of benzene rings is 3. The first-order valence-corrected chi connectivity index (χ1v) is 13.0. The maximum Gasteiger partial charge on any atom is 0.303 e. The molecule has 0 unspecified atom stereocenters. The summed E-state index contributed by atoms with van der Waals surface area (Å²) in [4.78, 5) is 28.1. The molecular formula is C31H34N2O4. The SMILES string of the molecule is C=CCN1CC[C@@]2(c3cccc(O)c3)C[C@@H](NC(=O)c3ccc4ccccc4c3)CC[C@]2(OC(C)=O)C1. The Morgan fingerprint density at radius 3 is 2.68 bits per heavy atom. The van der Waals surface area contributed by atoms with Crippen molar-refractivity contribution < 1.29 is 19.4 Å². The van der Waals surface area contributed by atoms with E-state index in [-0.39, 0.29) is 23.7 Å². The lowest BCUT2D eigenvalue weighted by molar-refractivity contribution is -0.186. The van der Waals surface area contributed by atoms with Crippen molar-refractivity contribution in [3.05, 3.63) is 90.5 Å². The third kappa shape index (κ3) is 4.74. The number of esters is 1. The molecule has 2 aliphatic rings. The molecule has 1 amide bonds. The first-order chi connectivity index (χ1) is 17.8. The topological polar surface area (TPSA) is 78.9 Å². The van der Waals surface area contributed by atoms with Crippen LogP contribution in [-0.2, 0) is 14.9 Å². The Morgan fingerprint density at radius 2 is 1.92 bits per heavy atom. The summed E-state index contributed by atoms with van der Waals surface area (Å²) in [5.74, 6) is -0.242. The molecule has 1 saturated heterocycles. The molecule has 37 heavy (non-hydrogen) atoms. The van der Waals surface area contributed by atoms with Crippen molar-refractivity contribution in [2.45, 2.75) is 49.7 Å². The van der Waals surface area contributed by atoms with Gasteiger partial charge < -0.3 is 15.2 Å². The summed E-state index contributed by atoms with van der Waals surface area (Å²) in [6.45, 7) is 7.45. The number of piperidine rings is 1. The summed E-state index contributed by atoms with van der Waals surface area (Å²) >= 11 is 0. The van der Waals surface area contributed by atoms with Crippen LogP contribution in [0.15, 0.2) is 79.4 Å². The van der Waals surface area contributed by atoms with Crippen LogP contribution in [0.25, 0.3) is 10.8 Å². The summed E-state index contributed by atoms with van der Waals surface area (Å²) in [5, 5.41) is 15.8. The molecule has 2 fully saturated rings. The van der Waals surface area contributed by atoms with E-state index in [0.29, 0.717) is 37.9 Å². The van der Waals surface area contributed by atoms with Crippen molar-refractivity contribution in [3.8, 4) is 5.75 Å². The van der Waals surface area contributed by atoms with E-state index in [9.17, 15) is 14.7 Å². The van der Waals surface area contributed by atoms with Crippen LogP contribution < -0.4 is 5.32 Å². The molecule has 6 heteroatoms. The maximum atomic E-state index is 13.4. The van der Waals surface area contributed by atoms with Crippen molar-refractivity contribution in [2.75, 3.05) is 19.6 Å². The third-order valence-electron chi connectivity index (χ3n) is 8.17. The van der Waals surface area contributed by atoms with Crippen LogP contribution in [0.5, 0.6) is 5.75 Å². The molecule has 1 saturated carbocycles. The number of hydrogen-bond acceptors (Lipinski definition) is 5. The van der Waals surface area contributed by atoms with Crippen LogP contribution in [0.2, 0.25) is 0 Å². The molecule has 1 aliphatic heterocycles. The highest BCUT2D eigenvalue weighted by Crippen LogP contribution is 2.54. The van der Waals surface area contributed by atoms with E-state index < -0.39 is 11.0 Å². The van der Waals surface area contributed by atoms with Gasteiger partial charge in [0.15, 0.2) is 0 Å². The Bertz CT molecular complexity index is 1340. The van der Waals surface area contributed by atoms with E-state index in [1.54, 1.807) is 12.1 Å². The summed E-state index contributed by atoms with van der Waals surface area (Å²) in [6.07, 6.45) is 4.52. The highest BCUT2D eigenvalue weighted by atomic mass is 16.6. The lowest BCUT2D eigenvalue weighted by Gasteiger charge is -2.59. The molecule has 6 nitrogen and oxygen atoms in total. The quantitative estimate of drug-likeness (QED) is 0.371. The van der Waals surface area contributed by atoms with Gasteiger partial charge in [0.2, 0.25) is 0 Å². The number of phenolic OH excluding ortho intramolecular Hbond substituents is 1. The summed E-state index contributed by atoms with van der Waals surface area (Å²) in [5.41, 5.74) is 0.256. The van der Waals surface area contributed by atoms with E-state index in [1.807, 2.05) is 60.7 Å². The Morgan fingerprint density at radius 1 is 1.11 bits per heavy atom. The number of aromatic hydroxyl groups is 1. The average molecular weight is 499 g/mol. The van der Waals surface area contributed by atoms with Crippen LogP contribution in [0.3, 0.4) is 0 Å². The summed E-state index contributed by atoms with van der Waals surface area (Å²) in [6, 6.07) is 20.9. The lowest BCUT2D eigenvalue weighted by atomic mass is 9.55. The number of carbonyl (C=O) groups is 2. The number of fused-ring (bicyclic) bond motifs is 2. The monoisotopic (exact) mass is 498 g/mol. The predicted molar refractivity (Wildman–Crippen MR) is 145 cm³/mol. The molecule has 192 valence electrons. The molecule has 0 radical (unpaired) electrons. The fourth-order valence-corrected chi connectivity index (χ4v) is 6.55. The minimum Gasteiger partial charge on any atom is -0.508 e. The number of amides is 1. The van der Waals surface area contributed by atoms with Gasteiger partial charge in [0, 0.05) is 37.0 Å². The number of carbonyl (C=O) groups excluding carboxylic acids is 2. The molecule has 0 aromatic heterocycles. The van der Waals surface area contributed by atoms with Crippen LogP contribution in [0, 0.1) is 0 Å². The lowest BCUT2D eigenvalue weighted by Crippen LogP contribution is -2.68. The van der Waals surface area contributed by atoms with E-state index >= 15 is 0 Å². The molecule has 5 rings (SSSR count). The molecule has 2 N–H and O–H groups in total. The van der Waals surface area contributed by atoms with Gasteiger partial charge in [-0.25, -0.2) is 0 Å². The van der Waals surface area contributed by atoms with Crippen molar-refractivity contribution >= 4 is 22.6 Å². The highest BCUT2D eigenvalue weighted by molar-refractivity contribution is 5.98. The van der Waals surface area contributed by atoms with Gasteiger partial charge in [0.1, 0.15) is 11.4 Å². The molecule has 3 aromatic rings. The summed E-state index contributed by atoms with van der Waals surface area (Å²) in [7, 11) is 0. The smallest absolute Gasteiger partial charge is 0.303 e. The van der Waals surface area contributed by atoms with Gasteiger partial charge in [-0.3, -0.25) is 14.5 Å². The van der Waals surface area contributed by atoms with Gasteiger partial charge in [0.05, 0.1) is 0 Å². The van der Waals surface area contributed by atoms with Gasteiger partial charge in [-0.15, -0.1) is 6.58 Å². The largest absolute Gasteiger partial charge is 0.508 e. The normalized spacial score (nSPS) is 25.7. The summed E-state index contributed by atoms with van der Waals surface area (Å²) < 4.78 is 6.23. The Kier molecular flexibility index (Phi) is 6.78. The van der Waals surface area contributed by atoms with E-state index in [0.717, 1.165) is 29.3 Å². The molecule has 1 heterocycles. The number of hydrogen-bond donors (Lipinski definition) is 2. The second-order valence-corrected chi connectivity index (χ2v) is 10.5. The first-order valence-electron chi connectivity index (χ1n) is 13.0. The van der Waals surface area contributed by atoms with Crippen LogP contribution >= 0.6 is 0 Å². The Balaban J connectivity index is 1.48. The van der Waals surface area contributed by atoms with Crippen molar-refractivity contribution in [2.24, 2.45) is 0 Å². The first kappa shape index (κ1) is 25.0. The third-order valence-corrected chi connectivity index (χ3v) is 8.17. The second kappa shape index (κ2) is 10.0. The van der Waals surface area contributed by atoms with Crippen molar-refractivity contribution in [3.63, 3.8) is 0 Å². The predicted octanol–water partition coefficient (Wildman–Crippen LogP) is 4.96. The number of likely N-dealkylation sites (tertiary alicyclic amines) is 1. The molecule has 3 aromatic carbocycles. The number of ether oxygens (including phenoxy) is 1. The fourth-order valence-electron chi connectivity index (χ4n) is 6.55. The van der Waals surface area contributed by atoms with Crippen LogP contribution in [0.4, 0.5) is 0 Å². The highest BCUT2D eigenvalue weighted by Gasteiger charge is 2.60. The number of nitrogens with zero attached hydrogens (tertiary/aromatic N) is 1. The van der Waals surface area contributed by atoms with Gasteiger partial charge in [0.25, 0.3) is 5.91 Å².